The van der Waals surface area contributed by atoms with Crippen molar-refractivity contribution in [3.05, 3.63) is 23.5 Å². The molecule has 0 atom stereocenters. The molecular weight excluding hydrogens is 273 g/mol. The quantitative estimate of drug-likeness (QED) is 0.825. The molecule has 1 aromatic heterocycles. The van der Waals surface area contributed by atoms with Crippen LogP contribution in [0.4, 0.5) is 18.3 Å². The van der Waals surface area contributed by atoms with Crippen LogP contribution in [-0.4, -0.2) is 11.0 Å². The van der Waals surface area contributed by atoms with E-state index in [0.29, 0.717) is 15.9 Å². The van der Waals surface area contributed by atoms with Crippen molar-refractivity contribution in [2.75, 3.05) is 5.32 Å². The van der Waals surface area contributed by atoms with Crippen molar-refractivity contribution in [3.8, 4) is 0 Å². The van der Waals surface area contributed by atoms with E-state index < -0.39 is 17.5 Å². The second kappa shape index (κ2) is 5.00. The van der Waals surface area contributed by atoms with Gasteiger partial charge in [-0.2, -0.15) is 0 Å². The van der Waals surface area contributed by atoms with Crippen molar-refractivity contribution >= 4 is 26.7 Å². The molecule has 1 fully saturated rings. The fraction of sp³-hybridized carbons (Fsp3) is 0.462. The molecule has 0 unspecified atom stereocenters. The summed E-state index contributed by atoms with van der Waals surface area (Å²) >= 11 is 1.16. The molecule has 0 spiro atoms. The van der Waals surface area contributed by atoms with Crippen LogP contribution < -0.4 is 5.32 Å². The lowest BCUT2D eigenvalue weighted by Crippen LogP contribution is -2.21. The van der Waals surface area contributed by atoms with Crippen LogP contribution in [0.3, 0.4) is 0 Å². The highest BCUT2D eigenvalue weighted by atomic mass is 32.1. The fourth-order valence-electron chi connectivity index (χ4n) is 2.46. The van der Waals surface area contributed by atoms with Crippen LogP contribution in [0.5, 0.6) is 0 Å². The first-order chi connectivity index (χ1) is 9.15. The highest BCUT2D eigenvalue weighted by molar-refractivity contribution is 7.22. The molecule has 0 radical (unpaired) electrons. The number of hydrogen-bond donors (Lipinski definition) is 1. The van der Waals surface area contributed by atoms with Crippen LogP contribution in [0.2, 0.25) is 0 Å². The lowest BCUT2D eigenvalue weighted by molar-refractivity contribution is 0.452. The van der Waals surface area contributed by atoms with Crippen molar-refractivity contribution in [2.45, 2.75) is 38.1 Å². The van der Waals surface area contributed by atoms with Gasteiger partial charge < -0.3 is 5.32 Å². The third kappa shape index (κ3) is 2.41. The standard InChI is InChI=1S/C13H13F3N2S/c14-8-6-9-12(11(16)10(8)15)18-13(19-9)17-7-4-2-1-3-5-7/h6-7H,1-5H2,(H,17,18). The number of anilines is 1. The minimum Gasteiger partial charge on any atom is -0.359 e. The van der Waals surface area contributed by atoms with Gasteiger partial charge >= 0.3 is 0 Å². The molecule has 6 heteroatoms. The summed E-state index contributed by atoms with van der Waals surface area (Å²) in [5.74, 6) is -3.83. The van der Waals surface area contributed by atoms with Crippen molar-refractivity contribution in [1.82, 2.24) is 4.98 Å². The molecule has 102 valence electrons. The first-order valence-electron chi connectivity index (χ1n) is 6.35. The number of benzene rings is 1. The highest BCUT2D eigenvalue weighted by Gasteiger charge is 2.19. The van der Waals surface area contributed by atoms with Crippen LogP contribution in [0, 0.1) is 17.5 Å². The molecule has 0 aliphatic heterocycles. The van der Waals surface area contributed by atoms with Gasteiger partial charge in [0.2, 0.25) is 0 Å². The maximum atomic E-state index is 13.6. The number of aromatic nitrogens is 1. The van der Waals surface area contributed by atoms with Gasteiger partial charge in [-0.3, -0.25) is 0 Å². The van der Waals surface area contributed by atoms with Crippen LogP contribution in [0.25, 0.3) is 10.2 Å². The van der Waals surface area contributed by atoms with E-state index in [2.05, 4.69) is 10.3 Å². The topological polar surface area (TPSA) is 24.9 Å². The predicted molar refractivity (Wildman–Crippen MR) is 70.0 cm³/mol. The Morgan fingerprint density at radius 1 is 1.11 bits per heavy atom. The maximum Gasteiger partial charge on any atom is 0.196 e. The minimum atomic E-state index is -1.46. The SMILES string of the molecule is Fc1cc2sc(NC3CCCCC3)nc2c(F)c1F. The summed E-state index contributed by atoms with van der Waals surface area (Å²) in [6.07, 6.45) is 5.69. The Labute approximate surface area is 112 Å². The highest BCUT2D eigenvalue weighted by Crippen LogP contribution is 2.32. The van der Waals surface area contributed by atoms with Gasteiger partial charge in [0.1, 0.15) is 5.52 Å². The molecule has 1 aliphatic carbocycles. The summed E-state index contributed by atoms with van der Waals surface area (Å²) in [6, 6.07) is 1.32. The second-order valence-corrected chi connectivity index (χ2v) is 5.86. The summed E-state index contributed by atoms with van der Waals surface area (Å²) < 4.78 is 40.1. The van der Waals surface area contributed by atoms with Gasteiger partial charge in [-0.05, 0) is 18.9 Å². The Morgan fingerprint density at radius 3 is 2.58 bits per heavy atom. The molecule has 1 saturated carbocycles. The van der Waals surface area contributed by atoms with E-state index in [1.54, 1.807) is 0 Å². The molecule has 0 bridgehead atoms. The zero-order chi connectivity index (χ0) is 13.4. The Bertz CT molecular complexity index is 605. The lowest BCUT2D eigenvalue weighted by atomic mass is 9.96. The van der Waals surface area contributed by atoms with Crippen LogP contribution in [0.1, 0.15) is 32.1 Å². The number of thiazole rings is 1. The average Bonchev–Trinajstić information content (AvgIpc) is 2.80. The van der Waals surface area contributed by atoms with Crippen molar-refractivity contribution < 1.29 is 13.2 Å². The van der Waals surface area contributed by atoms with E-state index >= 15 is 0 Å². The smallest absolute Gasteiger partial charge is 0.196 e. The first-order valence-corrected chi connectivity index (χ1v) is 7.17. The molecule has 1 heterocycles. The molecule has 1 aliphatic rings. The predicted octanol–water partition coefficient (Wildman–Crippen LogP) is 4.46. The van der Waals surface area contributed by atoms with Gasteiger partial charge in [0.25, 0.3) is 0 Å². The van der Waals surface area contributed by atoms with E-state index in [4.69, 9.17) is 0 Å². The van der Waals surface area contributed by atoms with E-state index in [9.17, 15) is 13.2 Å². The molecule has 0 saturated heterocycles. The van der Waals surface area contributed by atoms with Crippen LogP contribution >= 0.6 is 11.3 Å². The van der Waals surface area contributed by atoms with Crippen LogP contribution in [0.15, 0.2) is 6.07 Å². The Hall–Kier alpha value is -1.30. The average molecular weight is 286 g/mol. The van der Waals surface area contributed by atoms with Crippen LogP contribution in [-0.2, 0) is 0 Å². The third-order valence-corrected chi connectivity index (χ3v) is 4.39. The van der Waals surface area contributed by atoms with E-state index in [0.717, 1.165) is 30.2 Å². The minimum absolute atomic E-state index is 0.0952. The van der Waals surface area contributed by atoms with Gasteiger partial charge in [0.15, 0.2) is 22.6 Å². The summed E-state index contributed by atoms with van der Waals surface area (Å²) in [4.78, 5) is 4.03. The molecule has 0 amide bonds. The first kappa shape index (κ1) is 12.7. The lowest BCUT2D eigenvalue weighted by Gasteiger charge is -2.22. The Kier molecular flexibility index (Phi) is 3.35. The van der Waals surface area contributed by atoms with E-state index in [1.165, 1.54) is 19.3 Å². The summed E-state index contributed by atoms with van der Waals surface area (Å²) in [5, 5.41) is 3.77. The number of nitrogens with one attached hydrogen (secondary N) is 1. The zero-order valence-electron chi connectivity index (χ0n) is 10.2. The van der Waals surface area contributed by atoms with Gasteiger partial charge in [-0.15, -0.1) is 0 Å². The molecule has 2 aromatic rings. The normalized spacial score (nSPS) is 17.0. The Balaban J connectivity index is 1.91. The number of nitrogens with zero attached hydrogens (tertiary/aromatic N) is 1. The number of rotatable bonds is 2. The molecule has 1 N–H and O–H groups in total. The number of hydrogen-bond acceptors (Lipinski definition) is 3. The molecule has 1 aromatic carbocycles. The molecular formula is C13H13F3N2S. The second-order valence-electron chi connectivity index (χ2n) is 4.83. The van der Waals surface area contributed by atoms with Gasteiger partial charge in [-0.1, -0.05) is 30.6 Å². The van der Waals surface area contributed by atoms with Crippen molar-refractivity contribution in [1.29, 1.82) is 0 Å². The monoisotopic (exact) mass is 286 g/mol. The number of fused-ring (bicyclic) bond motifs is 1. The summed E-state index contributed by atoms with van der Waals surface area (Å²) in [5.41, 5.74) is -0.0952. The van der Waals surface area contributed by atoms with E-state index in [-0.39, 0.29) is 5.52 Å². The fourth-order valence-corrected chi connectivity index (χ4v) is 3.42. The zero-order valence-corrected chi connectivity index (χ0v) is 11.0. The van der Waals surface area contributed by atoms with Crippen molar-refractivity contribution in [3.63, 3.8) is 0 Å². The van der Waals surface area contributed by atoms with Gasteiger partial charge in [0.05, 0.1) is 4.70 Å². The Morgan fingerprint density at radius 2 is 1.84 bits per heavy atom. The molecule has 19 heavy (non-hydrogen) atoms. The van der Waals surface area contributed by atoms with Gasteiger partial charge in [0, 0.05) is 6.04 Å². The molecule has 3 rings (SSSR count). The van der Waals surface area contributed by atoms with Crippen molar-refractivity contribution in [2.24, 2.45) is 0 Å². The van der Waals surface area contributed by atoms with Gasteiger partial charge in [-0.25, -0.2) is 18.2 Å². The number of halogens is 3. The molecule has 2 nitrogen and oxygen atoms in total. The third-order valence-electron chi connectivity index (χ3n) is 3.45. The maximum absolute atomic E-state index is 13.6. The van der Waals surface area contributed by atoms with E-state index in [1.807, 2.05) is 0 Å². The summed E-state index contributed by atoms with van der Waals surface area (Å²) in [7, 11) is 0. The largest absolute Gasteiger partial charge is 0.359 e. The summed E-state index contributed by atoms with van der Waals surface area (Å²) in [6.45, 7) is 0.